The van der Waals surface area contributed by atoms with Crippen molar-refractivity contribution in [2.24, 2.45) is 11.8 Å². The van der Waals surface area contributed by atoms with Crippen LogP contribution in [0.1, 0.15) is 63.0 Å². The highest BCUT2D eigenvalue weighted by atomic mass is 16.3. The Morgan fingerprint density at radius 2 is 1.93 bits per heavy atom. The largest absolute Gasteiger partial charge is 0.508 e. The number of aliphatic hydroxyl groups excluding tert-OH is 1. The van der Waals surface area contributed by atoms with E-state index in [1.807, 2.05) is 12.1 Å². The molecule has 0 bridgehead atoms. The summed E-state index contributed by atoms with van der Waals surface area (Å²) < 4.78 is 0. The number of aryl methyl sites for hydroxylation is 1. The summed E-state index contributed by atoms with van der Waals surface area (Å²) in [6, 6.07) is 5.73. The molecule has 1 saturated heterocycles. The zero-order valence-corrected chi connectivity index (χ0v) is 16.8. The summed E-state index contributed by atoms with van der Waals surface area (Å²) in [6.07, 6.45) is 7.07. The minimum Gasteiger partial charge on any atom is -0.508 e. The van der Waals surface area contributed by atoms with Crippen LogP contribution in [0, 0.1) is 18.8 Å². The predicted octanol–water partition coefficient (Wildman–Crippen LogP) is 3.36. The van der Waals surface area contributed by atoms with Crippen molar-refractivity contribution in [3.63, 3.8) is 0 Å². The standard InChI is InChI=1S/C23H35NO3/c1-16-3-6-20(26)13-21(16)22-9-7-18(8-12-25)14-23(22,27)17(2)24(11-10-22)15-19-4-5-19/h3,6,13,17-19,25-27H,4-5,7-12,14-15H2,1-2H3. The monoisotopic (exact) mass is 373 g/mol. The van der Waals surface area contributed by atoms with Gasteiger partial charge in [0.2, 0.25) is 0 Å². The Balaban J connectivity index is 1.74. The minimum atomic E-state index is -0.823. The van der Waals surface area contributed by atoms with Gasteiger partial charge in [0.05, 0.1) is 5.60 Å². The van der Waals surface area contributed by atoms with E-state index in [-0.39, 0.29) is 23.8 Å². The molecule has 0 spiro atoms. The van der Waals surface area contributed by atoms with Crippen LogP contribution in [0.3, 0.4) is 0 Å². The predicted molar refractivity (Wildman–Crippen MR) is 107 cm³/mol. The Hall–Kier alpha value is -1.10. The highest BCUT2D eigenvalue weighted by molar-refractivity contribution is 5.43. The molecule has 3 fully saturated rings. The fourth-order valence-corrected chi connectivity index (χ4v) is 6.09. The Morgan fingerprint density at radius 1 is 1.15 bits per heavy atom. The van der Waals surface area contributed by atoms with E-state index >= 15 is 0 Å². The Morgan fingerprint density at radius 3 is 2.63 bits per heavy atom. The molecule has 4 nitrogen and oxygen atoms in total. The number of benzene rings is 1. The van der Waals surface area contributed by atoms with Crippen LogP contribution in [0.15, 0.2) is 18.2 Å². The molecular formula is C23H35NO3. The number of fused-ring (bicyclic) bond motifs is 1. The number of rotatable bonds is 5. The van der Waals surface area contributed by atoms with Gasteiger partial charge in [0, 0.05) is 24.6 Å². The average Bonchev–Trinajstić information content (AvgIpc) is 3.45. The Labute approximate surface area is 163 Å². The number of nitrogens with zero attached hydrogens (tertiary/aromatic N) is 1. The van der Waals surface area contributed by atoms with Crippen LogP contribution in [-0.2, 0) is 5.41 Å². The lowest BCUT2D eigenvalue weighted by atomic mass is 9.51. The zero-order valence-electron chi connectivity index (χ0n) is 16.8. The van der Waals surface area contributed by atoms with E-state index in [1.54, 1.807) is 6.07 Å². The number of phenolic OH excluding ortho intramolecular Hbond substituents is 1. The molecule has 1 aliphatic heterocycles. The van der Waals surface area contributed by atoms with Gasteiger partial charge >= 0.3 is 0 Å². The van der Waals surface area contributed by atoms with Gasteiger partial charge in [0.15, 0.2) is 0 Å². The van der Waals surface area contributed by atoms with Crippen molar-refractivity contribution in [1.29, 1.82) is 0 Å². The normalized spacial score (nSPS) is 37.2. The van der Waals surface area contributed by atoms with E-state index < -0.39 is 5.60 Å². The van der Waals surface area contributed by atoms with E-state index in [0.717, 1.165) is 62.2 Å². The van der Waals surface area contributed by atoms with E-state index in [0.29, 0.717) is 5.92 Å². The zero-order chi connectivity index (χ0) is 19.2. The van der Waals surface area contributed by atoms with Crippen molar-refractivity contribution in [3.05, 3.63) is 29.3 Å². The third kappa shape index (κ3) is 3.20. The molecule has 2 saturated carbocycles. The van der Waals surface area contributed by atoms with Crippen molar-refractivity contribution in [2.75, 3.05) is 19.7 Å². The van der Waals surface area contributed by atoms with Crippen LogP contribution in [0.2, 0.25) is 0 Å². The van der Waals surface area contributed by atoms with Crippen LogP contribution in [0.25, 0.3) is 0 Å². The summed E-state index contributed by atoms with van der Waals surface area (Å²) in [5, 5.41) is 32.0. The number of aromatic hydroxyl groups is 1. The second kappa shape index (κ2) is 7.06. The van der Waals surface area contributed by atoms with Gasteiger partial charge in [-0.1, -0.05) is 6.07 Å². The fraction of sp³-hybridized carbons (Fsp3) is 0.739. The molecule has 0 aromatic heterocycles. The molecule has 150 valence electrons. The lowest BCUT2D eigenvalue weighted by molar-refractivity contribution is -0.166. The molecule has 1 heterocycles. The topological polar surface area (TPSA) is 63.9 Å². The second-order valence-corrected chi connectivity index (χ2v) is 9.49. The molecule has 2 aliphatic carbocycles. The van der Waals surface area contributed by atoms with Gasteiger partial charge in [-0.3, -0.25) is 4.90 Å². The maximum atomic E-state index is 12.3. The van der Waals surface area contributed by atoms with Gasteiger partial charge < -0.3 is 15.3 Å². The van der Waals surface area contributed by atoms with Crippen molar-refractivity contribution in [3.8, 4) is 5.75 Å². The van der Waals surface area contributed by atoms with Crippen LogP contribution >= 0.6 is 0 Å². The van der Waals surface area contributed by atoms with Crippen LogP contribution in [0.4, 0.5) is 0 Å². The minimum absolute atomic E-state index is 0.0927. The molecule has 3 aliphatic rings. The van der Waals surface area contributed by atoms with E-state index in [9.17, 15) is 15.3 Å². The molecule has 0 amide bonds. The van der Waals surface area contributed by atoms with Gasteiger partial charge in [-0.2, -0.15) is 0 Å². The van der Waals surface area contributed by atoms with Crippen molar-refractivity contribution >= 4 is 0 Å². The Kier molecular flexibility index (Phi) is 5.02. The van der Waals surface area contributed by atoms with Gasteiger partial charge in [-0.15, -0.1) is 0 Å². The first-order valence-electron chi connectivity index (χ1n) is 10.8. The molecule has 4 unspecified atom stereocenters. The molecule has 27 heavy (non-hydrogen) atoms. The summed E-state index contributed by atoms with van der Waals surface area (Å²) in [4.78, 5) is 2.51. The molecule has 4 heteroatoms. The van der Waals surface area contributed by atoms with Crippen molar-refractivity contribution in [2.45, 2.75) is 75.9 Å². The molecule has 1 aromatic carbocycles. The molecule has 3 N–H and O–H groups in total. The summed E-state index contributed by atoms with van der Waals surface area (Å²) in [5.41, 5.74) is 1.16. The smallest absolute Gasteiger partial charge is 0.115 e. The SMILES string of the molecule is Cc1ccc(O)cc1C12CCC(CCO)CC1(O)C(C)N(CC1CC1)CC2. The highest BCUT2D eigenvalue weighted by Crippen LogP contribution is 2.57. The van der Waals surface area contributed by atoms with Gasteiger partial charge in [-0.05, 0) is 100 Å². The number of phenols is 1. The van der Waals surface area contributed by atoms with E-state index in [2.05, 4.69) is 18.7 Å². The third-order valence-corrected chi connectivity index (χ3v) is 7.94. The number of likely N-dealkylation sites (tertiary alicyclic amines) is 1. The van der Waals surface area contributed by atoms with Crippen LogP contribution in [0.5, 0.6) is 5.75 Å². The Bertz CT molecular complexity index is 688. The summed E-state index contributed by atoms with van der Waals surface area (Å²) in [7, 11) is 0. The molecule has 4 rings (SSSR count). The number of piperidine rings is 1. The maximum Gasteiger partial charge on any atom is 0.115 e. The number of hydrogen-bond acceptors (Lipinski definition) is 4. The summed E-state index contributed by atoms with van der Waals surface area (Å²) in [6.45, 7) is 6.61. The maximum absolute atomic E-state index is 12.3. The second-order valence-electron chi connectivity index (χ2n) is 9.49. The van der Waals surface area contributed by atoms with E-state index in [1.165, 1.54) is 12.8 Å². The lowest BCUT2D eigenvalue weighted by Gasteiger charge is -2.61. The first-order chi connectivity index (χ1) is 12.9. The molecular weight excluding hydrogens is 338 g/mol. The molecule has 0 radical (unpaired) electrons. The first-order valence-corrected chi connectivity index (χ1v) is 10.8. The van der Waals surface area contributed by atoms with Gasteiger partial charge in [0.1, 0.15) is 5.75 Å². The molecule has 4 atom stereocenters. The first kappa shape index (κ1) is 19.2. The van der Waals surface area contributed by atoms with Crippen LogP contribution < -0.4 is 0 Å². The van der Waals surface area contributed by atoms with Crippen molar-refractivity contribution < 1.29 is 15.3 Å². The van der Waals surface area contributed by atoms with Crippen molar-refractivity contribution in [1.82, 2.24) is 4.90 Å². The number of aliphatic hydroxyl groups is 2. The summed E-state index contributed by atoms with van der Waals surface area (Å²) >= 11 is 0. The third-order valence-electron chi connectivity index (χ3n) is 7.94. The summed E-state index contributed by atoms with van der Waals surface area (Å²) in [5.74, 6) is 1.47. The average molecular weight is 374 g/mol. The molecule has 1 aromatic rings. The highest BCUT2D eigenvalue weighted by Gasteiger charge is 2.61. The van der Waals surface area contributed by atoms with Gasteiger partial charge in [0.25, 0.3) is 0 Å². The fourth-order valence-electron chi connectivity index (χ4n) is 6.09. The number of hydrogen-bond donors (Lipinski definition) is 3. The lowest BCUT2D eigenvalue weighted by Crippen LogP contribution is -2.70. The van der Waals surface area contributed by atoms with Crippen LogP contribution in [-0.4, -0.2) is 51.6 Å². The quantitative estimate of drug-likeness (QED) is 0.741. The van der Waals surface area contributed by atoms with Gasteiger partial charge in [-0.25, -0.2) is 0 Å². The van der Waals surface area contributed by atoms with E-state index in [4.69, 9.17) is 0 Å².